The number of rotatable bonds is 3. The van der Waals surface area contributed by atoms with Crippen LogP contribution in [0.15, 0.2) is 24.3 Å². The molecule has 2 atom stereocenters. The molecule has 1 aromatic rings. The number of fused-ring (bicyclic) bond motifs is 1. The van der Waals surface area contributed by atoms with Gasteiger partial charge >= 0.3 is 0 Å². The number of piperidine rings is 1. The van der Waals surface area contributed by atoms with E-state index < -0.39 is 0 Å². The number of anilines is 1. The molecule has 2 unspecified atom stereocenters. The Morgan fingerprint density at radius 1 is 1.14 bits per heavy atom. The Bertz CT molecular complexity index is 504. The third-order valence-electron chi connectivity index (χ3n) is 5.23. The lowest BCUT2D eigenvalue weighted by Crippen LogP contribution is -2.49. The number of carbonyl (C=O) groups excluding carboxylic acids is 1. The van der Waals surface area contributed by atoms with E-state index in [1.165, 1.54) is 38.5 Å². The summed E-state index contributed by atoms with van der Waals surface area (Å²) >= 11 is 0. The highest BCUT2D eigenvalue weighted by molar-refractivity contribution is 5.85. The predicted octanol–water partition coefficient (Wildman–Crippen LogP) is 3.80. The van der Waals surface area contributed by atoms with Gasteiger partial charge in [-0.2, -0.15) is 0 Å². The first-order chi connectivity index (χ1) is 10.3. The Kier molecular flexibility index (Phi) is 6.13. The van der Waals surface area contributed by atoms with Crippen LogP contribution in [0.5, 0.6) is 0 Å². The molecule has 0 bridgehead atoms. The monoisotopic (exact) mass is 322 g/mol. The van der Waals surface area contributed by atoms with E-state index in [1.54, 1.807) is 0 Å². The number of para-hydroxylation sites is 1. The van der Waals surface area contributed by atoms with Crippen molar-refractivity contribution in [2.75, 3.05) is 12.3 Å². The molecule has 1 amide bonds. The zero-order valence-corrected chi connectivity index (χ0v) is 14.0. The molecule has 3 nitrogen and oxygen atoms in total. The summed E-state index contributed by atoms with van der Waals surface area (Å²) in [5.74, 6) is 1.09. The molecule has 0 aromatic heterocycles. The Labute approximate surface area is 139 Å². The SMILES string of the molecule is Cl.Nc1ccccc1CCC(=O)N1CCCC2CCCCC21. The number of amides is 1. The van der Waals surface area contributed by atoms with Gasteiger partial charge in [-0.1, -0.05) is 31.0 Å². The molecule has 1 saturated heterocycles. The number of aryl methyl sites for hydroxylation is 1. The maximum atomic E-state index is 12.6. The molecule has 4 heteroatoms. The number of benzene rings is 1. The Hall–Kier alpha value is -1.22. The molecule has 1 heterocycles. The second-order valence-electron chi connectivity index (χ2n) is 6.54. The van der Waals surface area contributed by atoms with Gasteiger partial charge < -0.3 is 10.6 Å². The standard InChI is InChI=1S/C18H26N2O.ClH/c19-16-9-3-1-6-14(16)11-12-18(21)20-13-5-8-15-7-2-4-10-17(15)20;/h1,3,6,9,15,17H,2,4-5,7-8,10-13,19H2;1H. The Balaban J connectivity index is 0.00000176. The maximum absolute atomic E-state index is 12.6. The molecule has 1 aliphatic heterocycles. The van der Waals surface area contributed by atoms with Crippen LogP contribution in [0.1, 0.15) is 50.5 Å². The number of hydrogen-bond donors (Lipinski definition) is 1. The van der Waals surface area contributed by atoms with E-state index in [2.05, 4.69) is 4.90 Å². The third kappa shape index (κ3) is 3.75. The van der Waals surface area contributed by atoms with E-state index >= 15 is 0 Å². The Morgan fingerprint density at radius 3 is 2.68 bits per heavy atom. The first-order valence-corrected chi connectivity index (χ1v) is 8.38. The molecule has 122 valence electrons. The molecule has 2 fully saturated rings. The fraction of sp³-hybridized carbons (Fsp3) is 0.611. The number of halogens is 1. The maximum Gasteiger partial charge on any atom is 0.223 e. The van der Waals surface area contributed by atoms with Crippen molar-refractivity contribution in [3.05, 3.63) is 29.8 Å². The lowest BCUT2D eigenvalue weighted by Gasteiger charge is -2.44. The van der Waals surface area contributed by atoms with Crippen molar-refractivity contribution in [2.24, 2.45) is 5.92 Å². The number of likely N-dealkylation sites (tertiary alicyclic amines) is 1. The highest BCUT2D eigenvalue weighted by Gasteiger charge is 2.35. The van der Waals surface area contributed by atoms with Crippen molar-refractivity contribution in [1.82, 2.24) is 4.90 Å². The van der Waals surface area contributed by atoms with Gasteiger partial charge in [0.25, 0.3) is 0 Å². The van der Waals surface area contributed by atoms with Gasteiger partial charge in [-0.3, -0.25) is 4.79 Å². The predicted molar refractivity (Wildman–Crippen MR) is 93.1 cm³/mol. The van der Waals surface area contributed by atoms with Crippen LogP contribution in [-0.4, -0.2) is 23.4 Å². The number of nitrogens with zero attached hydrogens (tertiary/aromatic N) is 1. The third-order valence-corrected chi connectivity index (χ3v) is 5.23. The molecular weight excluding hydrogens is 296 g/mol. The van der Waals surface area contributed by atoms with Gasteiger partial charge in [-0.15, -0.1) is 12.4 Å². The second kappa shape index (κ2) is 7.87. The average Bonchev–Trinajstić information content (AvgIpc) is 2.53. The fourth-order valence-electron chi connectivity index (χ4n) is 4.08. The lowest BCUT2D eigenvalue weighted by atomic mass is 9.78. The van der Waals surface area contributed by atoms with Gasteiger partial charge in [-0.05, 0) is 49.7 Å². The van der Waals surface area contributed by atoms with Gasteiger partial charge in [-0.25, -0.2) is 0 Å². The molecule has 22 heavy (non-hydrogen) atoms. The molecule has 2 aliphatic rings. The molecule has 3 rings (SSSR count). The van der Waals surface area contributed by atoms with Crippen molar-refractivity contribution in [2.45, 2.75) is 57.4 Å². The van der Waals surface area contributed by atoms with E-state index in [9.17, 15) is 4.79 Å². The van der Waals surface area contributed by atoms with Crippen molar-refractivity contribution in [3.63, 3.8) is 0 Å². The largest absolute Gasteiger partial charge is 0.399 e. The summed E-state index contributed by atoms with van der Waals surface area (Å²) < 4.78 is 0. The van der Waals surface area contributed by atoms with E-state index in [1.807, 2.05) is 24.3 Å². The van der Waals surface area contributed by atoms with Crippen LogP contribution < -0.4 is 5.73 Å². The van der Waals surface area contributed by atoms with Gasteiger partial charge in [0.15, 0.2) is 0 Å². The fourth-order valence-corrected chi connectivity index (χ4v) is 4.08. The summed E-state index contributed by atoms with van der Waals surface area (Å²) in [6.45, 7) is 0.963. The van der Waals surface area contributed by atoms with Crippen molar-refractivity contribution in [3.8, 4) is 0 Å². The van der Waals surface area contributed by atoms with Gasteiger partial charge in [0.05, 0.1) is 0 Å². The molecule has 1 aliphatic carbocycles. The minimum absolute atomic E-state index is 0. The molecule has 2 N–H and O–H groups in total. The summed E-state index contributed by atoms with van der Waals surface area (Å²) in [7, 11) is 0. The van der Waals surface area contributed by atoms with Crippen molar-refractivity contribution >= 4 is 24.0 Å². The van der Waals surface area contributed by atoms with Crippen LogP contribution >= 0.6 is 12.4 Å². The molecule has 1 saturated carbocycles. The summed E-state index contributed by atoms with van der Waals surface area (Å²) in [6.07, 6.45) is 9.03. The number of hydrogen-bond acceptors (Lipinski definition) is 2. The first-order valence-electron chi connectivity index (χ1n) is 8.38. The van der Waals surface area contributed by atoms with Gasteiger partial charge in [0, 0.05) is 24.7 Å². The van der Waals surface area contributed by atoms with E-state index in [4.69, 9.17) is 5.73 Å². The molecule has 0 radical (unpaired) electrons. The molecule has 1 aromatic carbocycles. The zero-order valence-electron chi connectivity index (χ0n) is 13.2. The van der Waals surface area contributed by atoms with E-state index in [0.717, 1.165) is 30.1 Å². The summed E-state index contributed by atoms with van der Waals surface area (Å²) in [4.78, 5) is 14.8. The first kappa shape index (κ1) is 17.1. The Morgan fingerprint density at radius 2 is 1.86 bits per heavy atom. The van der Waals surface area contributed by atoms with E-state index in [0.29, 0.717) is 18.4 Å². The van der Waals surface area contributed by atoms with Crippen LogP contribution in [0.2, 0.25) is 0 Å². The number of nitrogens with two attached hydrogens (primary N) is 1. The number of carbonyl (C=O) groups is 1. The second-order valence-corrected chi connectivity index (χ2v) is 6.54. The zero-order chi connectivity index (χ0) is 14.7. The highest BCUT2D eigenvalue weighted by atomic mass is 35.5. The summed E-state index contributed by atoms with van der Waals surface area (Å²) in [5.41, 5.74) is 7.87. The molecule has 0 spiro atoms. The minimum Gasteiger partial charge on any atom is -0.399 e. The summed E-state index contributed by atoms with van der Waals surface area (Å²) in [5, 5.41) is 0. The van der Waals surface area contributed by atoms with Gasteiger partial charge in [0.1, 0.15) is 0 Å². The highest BCUT2D eigenvalue weighted by Crippen LogP contribution is 2.35. The molecular formula is C18H27ClN2O. The van der Waals surface area contributed by atoms with Crippen LogP contribution in [0.25, 0.3) is 0 Å². The van der Waals surface area contributed by atoms with Crippen LogP contribution in [0.3, 0.4) is 0 Å². The topological polar surface area (TPSA) is 46.3 Å². The lowest BCUT2D eigenvalue weighted by molar-refractivity contribution is -0.137. The quantitative estimate of drug-likeness (QED) is 0.860. The van der Waals surface area contributed by atoms with Crippen molar-refractivity contribution in [1.29, 1.82) is 0 Å². The van der Waals surface area contributed by atoms with Crippen LogP contribution in [0.4, 0.5) is 5.69 Å². The summed E-state index contributed by atoms with van der Waals surface area (Å²) in [6, 6.07) is 8.40. The number of nitrogen functional groups attached to an aromatic ring is 1. The minimum atomic E-state index is 0. The smallest absolute Gasteiger partial charge is 0.223 e. The van der Waals surface area contributed by atoms with Crippen molar-refractivity contribution < 1.29 is 4.79 Å². The van der Waals surface area contributed by atoms with Gasteiger partial charge in [0.2, 0.25) is 5.91 Å². The van der Waals surface area contributed by atoms with E-state index in [-0.39, 0.29) is 12.4 Å². The normalized spacial score (nSPS) is 24.3. The average molecular weight is 323 g/mol. The van der Waals surface area contributed by atoms with Crippen LogP contribution in [-0.2, 0) is 11.2 Å². The van der Waals surface area contributed by atoms with Crippen LogP contribution in [0, 0.1) is 5.92 Å².